The van der Waals surface area contributed by atoms with Gasteiger partial charge in [0.2, 0.25) is 15.8 Å². The van der Waals surface area contributed by atoms with Crippen LogP contribution in [0.1, 0.15) is 21.9 Å². The number of carboxylic acid groups (broad SMARTS) is 1. The maximum absolute atomic E-state index is 12.4. The molecule has 2 aromatic rings. The summed E-state index contributed by atoms with van der Waals surface area (Å²) in [5, 5.41) is 15.1. The van der Waals surface area contributed by atoms with Crippen molar-refractivity contribution < 1.29 is 22.7 Å². The highest BCUT2D eigenvalue weighted by Gasteiger charge is 2.27. The molecule has 2 rings (SSSR count). The van der Waals surface area contributed by atoms with Crippen molar-refractivity contribution in [2.45, 2.75) is 18.4 Å². The molecular weight excluding hydrogens is 286 g/mol. The Kier molecular flexibility index (Phi) is 3.64. The average molecular weight is 299 g/mol. The molecule has 0 aliphatic heterocycles. The summed E-state index contributed by atoms with van der Waals surface area (Å²) in [6.07, 6.45) is 3.09. The molecule has 20 heavy (non-hydrogen) atoms. The second kappa shape index (κ2) is 5.10. The number of nitrogens with zero attached hydrogens (tertiary/aromatic N) is 2. The lowest BCUT2D eigenvalue weighted by Crippen LogP contribution is -2.26. The van der Waals surface area contributed by atoms with Gasteiger partial charge in [0.25, 0.3) is 0 Å². The first-order valence-electron chi connectivity index (χ1n) is 5.60. The minimum atomic E-state index is -3.82. The Bertz CT molecular complexity index is 717. The molecule has 0 atom stereocenters. The van der Waals surface area contributed by atoms with E-state index in [9.17, 15) is 13.2 Å². The first kappa shape index (κ1) is 14.3. The fraction of sp³-hybridized carbons (Fsp3) is 0.273. The minimum Gasteiger partial charge on any atom is -0.475 e. The summed E-state index contributed by atoms with van der Waals surface area (Å²) >= 11 is 0. The summed E-state index contributed by atoms with van der Waals surface area (Å²) < 4.78 is 30.7. The number of aryl methyl sites for hydroxylation is 1. The van der Waals surface area contributed by atoms with Crippen molar-refractivity contribution >= 4 is 16.0 Å². The largest absolute Gasteiger partial charge is 0.475 e. The fourth-order valence-corrected chi connectivity index (χ4v) is 3.02. The summed E-state index contributed by atoms with van der Waals surface area (Å²) in [5.74, 6) is -1.67. The monoisotopic (exact) mass is 299 g/mol. The van der Waals surface area contributed by atoms with Crippen LogP contribution in [0.15, 0.2) is 27.8 Å². The Morgan fingerprint density at radius 2 is 2.25 bits per heavy atom. The predicted molar refractivity (Wildman–Crippen MR) is 67.6 cm³/mol. The van der Waals surface area contributed by atoms with Gasteiger partial charge in [0.05, 0.1) is 6.20 Å². The molecule has 2 heterocycles. The van der Waals surface area contributed by atoms with E-state index < -0.39 is 21.8 Å². The van der Waals surface area contributed by atoms with Gasteiger partial charge in [0.1, 0.15) is 10.7 Å². The Labute approximate surface area is 115 Å². The predicted octanol–water partition coefficient (Wildman–Crippen LogP) is 0.830. The molecular formula is C11H13N3O5S. The molecule has 0 bridgehead atoms. The third-order valence-electron chi connectivity index (χ3n) is 2.73. The summed E-state index contributed by atoms with van der Waals surface area (Å²) in [6, 6.07) is 1.01. The van der Waals surface area contributed by atoms with Crippen LogP contribution in [-0.2, 0) is 16.6 Å². The number of rotatable bonds is 5. The maximum atomic E-state index is 12.4. The van der Waals surface area contributed by atoms with Crippen molar-refractivity contribution in [2.75, 3.05) is 7.05 Å². The maximum Gasteiger partial charge on any atom is 0.371 e. The molecule has 9 heteroatoms. The Morgan fingerprint density at radius 3 is 2.75 bits per heavy atom. The lowest BCUT2D eigenvalue weighted by Gasteiger charge is -2.15. The average Bonchev–Trinajstić information content (AvgIpc) is 2.98. The number of aromatic carboxylic acids is 1. The van der Waals surface area contributed by atoms with Crippen LogP contribution in [0.5, 0.6) is 0 Å². The molecule has 0 aliphatic carbocycles. The third kappa shape index (κ3) is 2.58. The Balaban J connectivity index is 2.32. The second-order valence-corrected chi connectivity index (χ2v) is 6.22. The minimum absolute atomic E-state index is 0.0430. The van der Waals surface area contributed by atoms with Gasteiger partial charge in [-0.1, -0.05) is 0 Å². The van der Waals surface area contributed by atoms with Gasteiger partial charge in [-0.15, -0.1) is 0 Å². The van der Waals surface area contributed by atoms with Gasteiger partial charge in [0, 0.05) is 31.4 Å². The van der Waals surface area contributed by atoms with Crippen molar-refractivity contribution in [3.63, 3.8) is 0 Å². The van der Waals surface area contributed by atoms with Crippen LogP contribution in [0, 0.1) is 6.92 Å². The standard InChI is InChI=1S/C11H13N3O5S/c1-7-10(3-9(19-7)11(15)16)20(17,18)14(2)6-8-4-12-13-5-8/h3-5H,6H2,1-2H3,(H,12,13)(H,15,16). The highest BCUT2D eigenvalue weighted by molar-refractivity contribution is 7.89. The SMILES string of the molecule is Cc1oc(C(=O)O)cc1S(=O)(=O)N(C)Cc1cn[nH]c1. The molecule has 0 unspecified atom stereocenters. The zero-order chi connectivity index (χ0) is 14.9. The van der Waals surface area contributed by atoms with Crippen LogP contribution in [0.3, 0.4) is 0 Å². The molecule has 0 saturated carbocycles. The smallest absolute Gasteiger partial charge is 0.371 e. The molecule has 2 aromatic heterocycles. The van der Waals surface area contributed by atoms with E-state index in [2.05, 4.69) is 10.2 Å². The van der Waals surface area contributed by atoms with Crippen molar-refractivity contribution in [2.24, 2.45) is 0 Å². The van der Waals surface area contributed by atoms with E-state index in [-0.39, 0.29) is 17.2 Å². The number of H-pyrrole nitrogens is 1. The fourth-order valence-electron chi connectivity index (χ4n) is 1.70. The van der Waals surface area contributed by atoms with Crippen LogP contribution in [0.4, 0.5) is 0 Å². The topological polar surface area (TPSA) is 116 Å². The van der Waals surface area contributed by atoms with Crippen molar-refractivity contribution in [3.05, 3.63) is 35.5 Å². The molecule has 8 nitrogen and oxygen atoms in total. The number of aromatic amines is 1. The van der Waals surface area contributed by atoms with E-state index in [1.165, 1.54) is 20.2 Å². The van der Waals surface area contributed by atoms with E-state index in [0.717, 1.165) is 10.4 Å². The van der Waals surface area contributed by atoms with E-state index in [4.69, 9.17) is 9.52 Å². The van der Waals surface area contributed by atoms with Crippen LogP contribution in [-0.4, -0.2) is 41.0 Å². The first-order chi connectivity index (χ1) is 9.32. The molecule has 0 aromatic carbocycles. The molecule has 0 amide bonds. The lowest BCUT2D eigenvalue weighted by atomic mass is 10.4. The molecule has 108 valence electrons. The molecule has 0 spiro atoms. The van der Waals surface area contributed by atoms with E-state index in [1.54, 1.807) is 6.20 Å². The third-order valence-corrected chi connectivity index (χ3v) is 4.64. The summed E-state index contributed by atoms with van der Waals surface area (Å²) in [7, 11) is -2.43. The number of aromatic nitrogens is 2. The van der Waals surface area contributed by atoms with Gasteiger partial charge < -0.3 is 9.52 Å². The quantitative estimate of drug-likeness (QED) is 0.844. The van der Waals surface area contributed by atoms with E-state index in [0.29, 0.717) is 5.56 Å². The van der Waals surface area contributed by atoms with Gasteiger partial charge in [-0.2, -0.15) is 9.40 Å². The number of furan rings is 1. The lowest BCUT2D eigenvalue weighted by molar-refractivity contribution is 0.0661. The summed E-state index contributed by atoms with van der Waals surface area (Å²) in [6.45, 7) is 1.52. The van der Waals surface area contributed by atoms with Gasteiger partial charge in [-0.3, -0.25) is 5.10 Å². The number of hydrogen-bond donors (Lipinski definition) is 2. The number of nitrogens with one attached hydrogen (secondary N) is 1. The first-order valence-corrected chi connectivity index (χ1v) is 7.04. The molecule has 2 N–H and O–H groups in total. The van der Waals surface area contributed by atoms with Crippen molar-refractivity contribution in [1.29, 1.82) is 0 Å². The number of hydrogen-bond acceptors (Lipinski definition) is 5. The zero-order valence-corrected chi connectivity index (χ0v) is 11.6. The van der Waals surface area contributed by atoms with Gasteiger partial charge in [-0.05, 0) is 6.92 Å². The zero-order valence-electron chi connectivity index (χ0n) is 10.8. The molecule has 0 fully saturated rings. The number of carbonyl (C=O) groups is 1. The van der Waals surface area contributed by atoms with Gasteiger partial charge in [-0.25, -0.2) is 13.2 Å². The number of carboxylic acids is 1. The molecule has 0 saturated heterocycles. The normalized spacial score (nSPS) is 11.9. The summed E-state index contributed by atoms with van der Waals surface area (Å²) in [4.78, 5) is 10.7. The van der Waals surface area contributed by atoms with Gasteiger partial charge >= 0.3 is 5.97 Å². The molecule has 0 aliphatic rings. The van der Waals surface area contributed by atoms with Crippen molar-refractivity contribution in [1.82, 2.24) is 14.5 Å². The van der Waals surface area contributed by atoms with Crippen LogP contribution < -0.4 is 0 Å². The van der Waals surface area contributed by atoms with Crippen LogP contribution in [0.2, 0.25) is 0 Å². The molecule has 0 radical (unpaired) electrons. The number of sulfonamides is 1. The highest BCUT2D eigenvalue weighted by atomic mass is 32.2. The second-order valence-electron chi connectivity index (χ2n) is 4.20. The van der Waals surface area contributed by atoms with Gasteiger partial charge in [0.15, 0.2) is 0 Å². The van der Waals surface area contributed by atoms with E-state index in [1.807, 2.05) is 0 Å². The Morgan fingerprint density at radius 1 is 1.55 bits per heavy atom. The van der Waals surface area contributed by atoms with E-state index >= 15 is 0 Å². The van der Waals surface area contributed by atoms with Crippen LogP contribution in [0.25, 0.3) is 0 Å². The summed E-state index contributed by atoms with van der Waals surface area (Å²) in [5.41, 5.74) is 0.690. The Hall–Kier alpha value is -2.13. The highest BCUT2D eigenvalue weighted by Crippen LogP contribution is 2.23. The van der Waals surface area contributed by atoms with Crippen molar-refractivity contribution in [3.8, 4) is 0 Å². The van der Waals surface area contributed by atoms with Crippen LogP contribution >= 0.6 is 0 Å².